The van der Waals surface area contributed by atoms with Gasteiger partial charge in [0.05, 0.1) is 0 Å². The third-order valence-corrected chi connectivity index (χ3v) is 5.27. The normalized spacial score (nSPS) is 10.8. The Bertz CT molecular complexity index is 1050. The molecular weight excluding hydrogens is 416 g/mol. The first-order chi connectivity index (χ1) is 16.1. The summed E-state index contributed by atoms with van der Waals surface area (Å²) in [4.78, 5) is 39.7. The summed E-state index contributed by atoms with van der Waals surface area (Å²) >= 11 is 0. The molecule has 0 aliphatic heterocycles. The predicted octanol–water partition coefficient (Wildman–Crippen LogP) is 3.18. The lowest BCUT2D eigenvalue weighted by Gasteiger charge is -2.17. The molecule has 33 heavy (non-hydrogen) atoms. The highest BCUT2D eigenvalue weighted by Gasteiger charge is 2.11. The van der Waals surface area contributed by atoms with Gasteiger partial charge in [0.2, 0.25) is 0 Å². The molecule has 0 spiro atoms. The number of nitrogens with zero attached hydrogens (tertiary/aromatic N) is 4. The smallest absolute Gasteiger partial charge is 0.269 e. The van der Waals surface area contributed by atoms with E-state index < -0.39 is 0 Å². The van der Waals surface area contributed by atoms with Crippen molar-refractivity contribution in [1.29, 1.82) is 0 Å². The minimum atomic E-state index is -0.249. The third kappa shape index (κ3) is 7.47. The van der Waals surface area contributed by atoms with Crippen LogP contribution in [0.4, 0.5) is 5.82 Å². The Balaban J connectivity index is 1.58. The fourth-order valence-corrected chi connectivity index (χ4v) is 3.42. The first-order valence-corrected chi connectivity index (χ1v) is 11.2. The highest BCUT2D eigenvalue weighted by molar-refractivity contribution is 6.03. The van der Waals surface area contributed by atoms with Crippen LogP contribution >= 0.6 is 0 Å². The quantitative estimate of drug-likeness (QED) is 0.439. The molecule has 0 unspecified atom stereocenters. The first-order valence-electron chi connectivity index (χ1n) is 11.2. The molecule has 2 aromatic heterocycles. The number of amides is 2. The Hall–Kier alpha value is -3.65. The molecule has 172 valence electrons. The van der Waals surface area contributed by atoms with Gasteiger partial charge in [-0.3, -0.25) is 9.59 Å². The van der Waals surface area contributed by atoms with Gasteiger partial charge in [0.15, 0.2) is 0 Å². The summed E-state index contributed by atoms with van der Waals surface area (Å²) in [5.74, 6) is 0.0219. The average molecular weight is 447 g/mol. The van der Waals surface area contributed by atoms with Crippen LogP contribution < -0.4 is 10.6 Å². The Morgan fingerprint density at radius 3 is 2.58 bits per heavy atom. The predicted molar refractivity (Wildman–Crippen MR) is 128 cm³/mol. The van der Waals surface area contributed by atoms with E-state index in [2.05, 4.69) is 44.3 Å². The maximum atomic E-state index is 12.5. The lowest BCUT2D eigenvalue weighted by molar-refractivity contribution is 0.0946. The Labute approximate surface area is 194 Å². The number of benzene rings is 1. The van der Waals surface area contributed by atoms with Crippen LogP contribution in [0.15, 0.2) is 61.1 Å². The summed E-state index contributed by atoms with van der Waals surface area (Å²) in [6.07, 6.45) is 4.36. The number of hydrogen-bond donors (Lipinski definition) is 2. The number of hydrogen-bond acceptors (Lipinski definition) is 6. The van der Waals surface area contributed by atoms with Crippen LogP contribution in [0.25, 0.3) is 0 Å². The van der Waals surface area contributed by atoms with Crippen molar-refractivity contribution in [1.82, 2.24) is 25.2 Å². The lowest BCUT2D eigenvalue weighted by atomic mass is 10.1. The van der Waals surface area contributed by atoms with Crippen LogP contribution in [-0.2, 0) is 6.42 Å². The van der Waals surface area contributed by atoms with Gasteiger partial charge in [0.1, 0.15) is 17.8 Å². The fraction of sp³-hybridized carbons (Fsp3) is 0.320. The van der Waals surface area contributed by atoms with Crippen molar-refractivity contribution in [3.63, 3.8) is 0 Å². The second kappa shape index (κ2) is 12.4. The molecule has 0 aliphatic rings. The molecule has 8 nitrogen and oxygen atoms in total. The molecule has 2 heterocycles. The third-order valence-electron chi connectivity index (χ3n) is 5.27. The summed E-state index contributed by atoms with van der Waals surface area (Å²) < 4.78 is 0. The topological polar surface area (TPSA) is 100 Å². The van der Waals surface area contributed by atoms with Crippen molar-refractivity contribution in [2.24, 2.45) is 0 Å². The molecule has 1 aromatic carbocycles. The van der Waals surface area contributed by atoms with E-state index >= 15 is 0 Å². The van der Waals surface area contributed by atoms with E-state index in [0.29, 0.717) is 30.0 Å². The summed E-state index contributed by atoms with van der Waals surface area (Å²) in [5.41, 5.74) is 2.61. The number of carbonyl (C=O) groups is 2. The van der Waals surface area contributed by atoms with Crippen molar-refractivity contribution in [3.05, 3.63) is 83.6 Å². The highest BCUT2D eigenvalue weighted by atomic mass is 16.2. The van der Waals surface area contributed by atoms with Gasteiger partial charge in [-0.05, 0) is 62.0 Å². The Morgan fingerprint density at radius 2 is 1.82 bits per heavy atom. The van der Waals surface area contributed by atoms with Gasteiger partial charge in [0.25, 0.3) is 11.8 Å². The number of anilines is 1. The zero-order chi connectivity index (χ0) is 23.5. The van der Waals surface area contributed by atoms with Gasteiger partial charge in [-0.1, -0.05) is 32.0 Å². The summed E-state index contributed by atoms with van der Waals surface area (Å²) in [5, 5.41) is 5.70. The van der Waals surface area contributed by atoms with Crippen molar-refractivity contribution in [2.75, 3.05) is 31.5 Å². The van der Waals surface area contributed by atoms with Gasteiger partial charge in [0, 0.05) is 30.4 Å². The second-order valence-corrected chi connectivity index (χ2v) is 7.58. The van der Waals surface area contributed by atoms with Crippen molar-refractivity contribution < 1.29 is 9.59 Å². The molecule has 8 heteroatoms. The SMILES string of the molecule is CCN(CC)CCCNC(=O)c1cccc(Cc2cccc(C(=O)Nc3ccncn3)c2)n1. The molecule has 3 aromatic rings. The van der Waals surface area contributed by atoms with Crippen LogP contribution in [-0.4, -0.2) is 57.8 Å². The van der Waals surface area contributed by atoms with E-state index in [9.17, 15) is 9.59 Å². The van der Waals surface area contributed by atoms with Crippen molar-refractivity contribution in [3.8, 4) is 0 Å². The van der Waals surface area contributed by atoms with Gasteiger partial charge < -0.3 is 15.5 Å². The molecule has 0 aliphatic carbocycles. The van der Waals surface area contributed by atoms with E-state index in [4.69, 9.17) is 0 Å². The van der Waals surface area contributed by atoms with E-state index in [1.165, 1.54) is 6.33 Å². The van der Waals surface area contributed by atoms with Gasteiger partial charge in [-0.2, -0.15) is 0 Å². The van der Waals surface area contributed by atoms with Crippen LogP contribution in [0.2, 0.25) is 0 Å². The molecule has 0 radical (unpaired) electrons. The van der Waals surface area contributed by atoms with E-state index in [1.54, 1.807) is 24.4 Å². The molecule has 0 saturated heterocycles. The van der Waals surface area contributed by atoms with Gasteiger partial charge >= 0.3 is 0 Å². The Morgan fingerprint density at radius 1 is 1.00 bits per heavy atom. The minimum Gasteiger partial charge on any atom is -0.351 e. The number of pyridine rings is 1. The number of carbonyl (C=O) groups excluding carboxylic acids is 2. The van der Waals surface area contributed by atoms with Gasteiger partial charge in [-0.25, -0.2) is 15.0 Å². The maximum absolute atomic E-state index is 12.5. The van der Waals surface area contributed by atoms with Crippen LogP contribution in [0.5, 0.6) is 0 Å². The monoisotopic (exact) mass is 446 g/mol. The van der Waals surface area contributed by atoms with Gasteiger partial charge in [-0.15, -0.1) is 0 Å². The highest BCUT2D eigenvalue weighted by Crippen LogP contribution is 2.12. The minimum absolute atomic E-state index is 0.172. The van der Waals surface area contributed by atoms with E-state index in [1.807, 2.05) is 30.3 Å². The summed E-state index contributed by atoms with van der Waals surface area (Å²) in [6, 6.07) is 14.4. The molecule has 0 fully saturated rings. The fourth-order valence-electron chi connectivity index (χ4n) is 3.42. The van der Waals surface area contributed by atoms with E-state index in [0.717, 1.165) is 37.3 Å². The number of aromatic nitrogens is 3. The molecule has 3 rings (SSSR count). The van der Waals surface area contributed by atoms with Crippen molar-refractivity contribution >= 4 is 17.6 Å². The van der Waals surface area contributed by atoms with Crippen LogP contribution in [0.1, 0.15) is 52.4 Å². The molecule has 0 saturated carbocycles. The molecule has 2 amide bonds. The Kier molecular flexibility index (Phi) is 9.02. The van der Waals surface area contributed by atoms with Crippen molar-refractivity contribution in [2.45, 2.75) is 26.7 Å². The standard InChI is InChI=1S/C25H30N6O2/c1-3-31(4-2)15-7-13-27-25(33)22-11-6-10-21(29-22)17-19-8-5-9-20(16-19)24(32)30-23-12-14-26-18-28-23/h5-6,8-12,14,16,18H,3-4,7,13,15,17H2,1-2H3,(H,27,33)(H,26,28,30,32). The largest absolute Gasteiger partial charge is 0.351 e. The summed E-state index contributed by atoms with van der Waals surface area (Å²) in [7, 11) is 0. The molecular formula is C25H30N6O2. The molecule has 2 N–H and O–H groups in total. The zero-order valence-corrected chi connectivity index (χ0v) is 19.1. The first kappa shape index (κ1) is 24.0. The maximum Gasteiger partial charge on any atom is 0.269 e. The van der Waals surface area contributed by atoms with Crippen LogP contribution in [0, 0.1) is 0 Å². The average Bonchev–Trinajstić information content (AvgIpc) is 2.85. The summed E-state index contributed by atoms with van der Waals surface area (Å²) in [6.45, 7) is 7.87. The molecule has 0 atom stereocenters. The molecule has 0 bridgehead atoms. The zero-order valence-electron chi connectivity index (χ0n) is 19.1. The number of rotatable bonds is 11. The second-order valence-electron chi connectivity index (χ2n) is 7.58. The number of nitrogens with one attached hydrogen (secondary N) is 2. The lowest BCUT2D eigenvalue weighted by Crippen LogP contribution is -2.30. The van der Waals surface area contributed by atoms with E-state index in [-0.39, 0.29) is 11.8 Å². The van der Waals surface area contributed by atoms with Crippen LogP contribution in [0.3, 0.4) is 0 Å².